The lowest BCUT2D eigenvalue weighted by atomic mass is 10.2. The molecule has 0 saturated heterocycles. The predicted molar refractivity (Wildman–Crippen MR) is 78.9 cm³/mol. The molecule has 2 rings (SSSR count). The molecule has 5 heteroatoms. The summed E-state index contributed by atoms with van der Waals surface area (Å²) in [5.74, 6) is 0.524. The topological polar surface area (TPSA) is 63.2 Å². The summed E-state index contributed by atoms with van der Waals surface area (Å²) in [7, 11) is 1.59. The van der Waals surface area contributed by atoms with Crippen LogP contribution >= 0.6 is 0 Å². The Hall–Kier alpha value is -2.56. The Balaban J connectivity index is 1.91. The molecule has 1 amide bonds. The van der Waals surface area contributed by atoms with Gasteiger partial charge in [-0.1, -0.05) is 12.1 Å². The number of hydrogen-bond acceptors (Lipinski definition) is 4. The first-order valence-corrected chi connectivity index (χ1v) is 6.28. The molecule has 1 heterocycles. The van der Waals surface area contributed by atoms with Crippen molar-refractivity contribution < 1.29 is 9.53 Å². The molecule has 104 valence electrons. The Bertz CT molecular complexity index is 565. The van der Waals surface area contributed by atoms with Gasteiger partial charge in [0.05, 0.1) is 19.0 Å². The number of rotatable bonds is 5. The van der Waals surface area contributed by atoms with E-state index >= 15 is 0 Å². The van der Waals surface area contributed by atoms with E-state index in [1.165, 1.54) is 6.92 Å². The fourth-order valence-corrected chi connectivity index (χ4v) is 1.72. The van der Waals surface area contributed by atoms with Gasteiger partial charge >= 0.3 is 0 Å². The molecule has 1 aromatic heterocycles. The largest absolute Gasteiger partial charge is 0.481 e. The van der Waals surface area contributed by atoms with Crippen molar-refractivity contribution in [3.05, 3.63) is 48.2 Å². The maximum absolute atomic E-state index is 10.9. The highest BCUT2D eigenvalue weighted by Crippen LogP contribution is 2.14. The van der Waals surface area contributed by atoms with E-state index in [0.29, 0.717) is 12.4 Å². The van der Waals surface area contributed by atoms with Crippen molar-refractivity contribution in [2.24, 2.45) is 0 Å². The Morgan fingerprint density at radius 3 is 2.40 bits per heavy atom. The molecular formula is C15H17N3O2. The van der Waals surface area contributed by atoms with Gasteiger partial charge in [-0.3, -0.25) is 4.79 Å². The van der Waals surface area contributed by atoms with Gasteiger partial charge in [-0.05, 0) is 23.8 Å². The van der Waals surface area contributed by atoms with Gasteiger partial charge < -0.3 is 15.4 Å². The smallest absolute Gasteiger partial charge is 0.221 e. The lowest BCUT2D eigenvalue weighted by Crippen LogP contribution is -2.06. The second-order valence-corrected chi connectivity index (χ2v) is 4.32. The maximum atomic E-state index is 10.9. The van der Waals surface area contributed by atoms with E-state index in [1.807, 2.05) is 36.4 Å². The van der Waals surface area contributed by atoms with E-state index in [-0.39, 0.29) is 5.91 Å². The molecule has 0 saturated carbocycles. The summed E-state index contributed by atoms with van der Waals surface area (Å²) >= 11 is 0. The molecule has 0 bridgehead atoms. The fourth-order valence-electron chi connectivity index (χ4n) is 1.72. The summed E-state index contributed by atoms with van der Waals surface area (Å²) in [6.45, 7) is 2.18. The average Bonchev–Trinajstić information content (AvgIpc) is 2.46. The van der Waals surface area contributed by atoms with Gasteiger partial charge in [0.15, 0.2) is 0 Å². The Kier molecular flexibility index (Phi) is 4.55. The fraction of sp³-hybridized carbons (Fsp3) is 0.200. The number of nitrogens with one attached hydrogen (secondary N) is 2. The zero-order valence-corrected chi connectivity index (χ0v) is 11.5. The molecule has 0 radical (unpaired) electrons. The van der Waals surface area contributed by atoms with Gasteiger partial charge in [-0.2, -0.15) is 0 Å². The maximum Gasteiger partial charge on any atom is 0.221 e. The number of benzene rings is 1. The highest BCUT2D eigenvalue weighted by molar-refractivity contribution is 5.88. The van der Waals surface area contributed by atoms with E-state index in [4.69, 9.17) is 4.74 Å². The summed E-state index contributed by atoms with van der Waals surface area (Å²) in [5, 5.41) is 6.00. The van der Waals surface area contributed by atoms with E-state index in [0.717, 1.165) is 16.9 Å². The molecule has 20 heavy (non-hydrogen) atoms. The molecule has 2 N–H and O–H groups in total. The van der Waals surface area contributed by atoms with Crippen molar-refractivity contribution >= 4 is 17.3 Å². The van der Waals surface area contributed by atoms with Crippen LogP contribution in [0.1, 0.15) is 12.5 Å². The number of carbonyl (C=O) groups is 1. The third-order valence-electron chi connectivity index (χ3n) is 2.72. The quantitative estimate of drug-likeness (QED) is 0.877. The molecule has 2 aromatic rings. The monoisotopic (exact) mass is 271 g/mol. The number of pyridine rings is 1. The van der Waals surface area contributed by atoms with Crippen LogP contribution in [0.4, 0.5) is 11.4 Å². The molecule has 0 aliphatic heterocycles. The number of amides is 1. The van der Waals surface area contributed by atoms with Crippen LogP contribution < -0.4 is 15.4 Å². The molecule has 1 aromatic carbocycles. The van der Waals surface area contributed by atoms with Gasteiger partial charge in [0.1, 0.15) is 0 Å². The van der Waals surface area contributed by atoms with Crippen LogP contribution in [0.15, 0.2) is 42.6 Å². The van der Waals surface area contributed by atoms with Crippen molar-refractivity contribution in [3.8, 4) is 5.88 Å². The zero-order valence-electron chi connectivity index (χ0n) is 11.5. The first-order chi connectivity index (χ1) is 9.67. The van der Waals surface area contributed by atoms with Crippen LogP contribution in [0.25, 0.3) is 0 Å². The zero-order chi connectivity index (χ0) is 14.4. The molecular weight excluding hydrogens is 254 g/mol. The Morgan fingerprint density at radius 2 is 1.85 bits per heavy atom. The number of methoxy groups -OCH3 is 1. The molecule has 0 aliphatic rings. The summed E-state index contributed by atoms with van der Waals surface area (Å²) in [5.41, 5.74) is 2.85. The molecule has 0 atom stereocenters. The van der Waals surface area contributed by atoms with Gasteiger partial charge in [-0.15, -0.1) is 0 Å². The highest BCUT2D eigenvalue weighted by atomic mass is 16.5. The van der Waals surface area contributed by atoms with E-state index < -0.39 is 0 Å². The minimum Gasteiger partial charge on any atom is -0.481 e. The minimum absolute atomic E-state index is 0.0693. The lowest BCUT2D eigenvalue weighted by Gasteiger charge is -2.08. The second kappa shape index (κ2) is 6.56. The number of ether oxygens (including phenoxy) is 1. The summed E-state index contributed by atoms with van der Waals surface area (Å²) in [6.07, 6.45) is 1.73. The summed E-state index contributed by atoms with van der Waals surface area (Å²) in [6, 6.07) is 11.4. The van der Waals surface area contributed by atoms with Crippen molar-refractivity contribution in [1.82, 2.24) is 4.98 Å². The van der Waals surface area contributed by atoms with Gasteiger partial charge in [-0.25, -0.2) is 4.98 Å². The number of anilines is 2. The SMILES string of the molecule is COc1ccc(NCc2ccc(NC(C)=O)cc2)cn1. The normalized spacial score (nSPS) is 9.90. The van der Waals surface area contributed by atoms with Crippen LogP contribution in [0.3, 0.4) is 0 Å². The first-order valence-electron chi connectivity index (χ1n) is 6.28. The summed E-state index contributed by atoms with van der Waals surface area (Å²) < 4.78 is 5.00. The van der Waals surface area contributed by atoms with Crippen LogP contribution in [-0.2, 0) is 11.3 Å². The second-order valence-electron chi connectivity index (χ2n) is 4.32. The van der Waals surface area contributed by atoms with Crippen molar-refractivity contribution in [2.45, 2.75) is 13.5 Å². The van der Waals surface area contributed by atoms with Crippen LogP contribution in [0.2, 0.25) is 0 Å². The van der Waals surface area contributed by atoms with Crippen LogP contribution in [0, 0.1) is 0 Å². The predicted octanol–water partition coefficient (Wildman–Crippen LogP) is 2.66. The van der Waals surface area contributed by atoms with Gasteiger partial charge in [0, 0.05) is 25.2 Å². The van der Waals surface area contributed by atoms with Crippen molar-refractivity contribution in [1.29, 1.82) is 0 Å². The molecule has 5 nitrogen and oxygen atoms in total. The van der Waals surface area contributed by atoms with E-state index in [1.54, 1.807) is 13.3 Å². The van der Waals surface area contributed by atoms with E-state index in [2.05, 4.69) is 15.6 Å². The van der Waals surface area contributed by atoms with E-state index in [9.17, 15) is 4.79 Å². The number of nitrogens with zero attached hydrogens (tertiary/aromatic N) is 1. The Labute approximate surface area is 118 Å². The average molecular weight is 271 g/mol. The molecule has 0 aliphatic carbocycles. The minimum atomic E-state index is -0.0693. The van der Waals surface area contributed by atoms with Crippen molar-refractivity contribution in [2.75, 3.05) is 17.7 Å². The third-order valence-corrected chi connectivity index (χ3v) is 2.72. The van der Waals surface area contributed by atoms with Crippen LogP contribution in [0.5, 0.6) is 5.88 Å². The first kappa shape index (κ1) is 13.9. The van der Waals surface area contributed by atoms with Crippen molar-refractivity contribution in [3.63, 3.8) is 0 Å². The van der Waals surface area contributed by atoms with Crippen LogP contribution in [-0.4, -0.2) is 18.0 Å². The molecule has 0 unspecified atom stereocenters. The van der Waals surface area contributed by atoms with Gasteiger partial charge in [0.25, 0.3) is 0 Å². The van der Waals surface area contributed by atoms with Gasteiger partial charge in [0.2, 0.25) is 11.8 Å². The number of aromatic nitrogens is 1. The Morgan fingerprint density at radius 1 is 1.15 bits per heavy atom. The standard InChI is InChI=1S/C15H17N3O2/c1-11(19)18-13-5-3-12(4-6-13)9-16-14-7-8-15(20-2)17-10-14/h3-8,10,16H,9H2,1-2H3,(H,18,19). The molecule has 0 spiro atoms. The molecule has 0 fully saturated rings. The number of carbonyl (C=O) groups excluding carboxylic acids is 1. The third kappa shape index (κ3) is 3.98. The lowest BCUT2D eigenvalue weighted by molar-refractivity contribution is -0.114. The highest BCUT2D eigenvalue weighted by Gasteiger charge is 1.98. The number of hydrogen-bond donors (Lipinski definition) is 2. The summed E-state index contributed by atoms with van der Waals surface area (Å²) in [4.78, 5) is 15.0.